The van der Waals surface area contributed by atoms with Gasteiger partial charge in [0.15, 0.2) is 5.78 Å². The van der Waals surface area contributed by atoms with Crippen LogP contribution in [0.25, 0.3) is 0 Å². The molecule has 0 saturated carbocycles. The molecule has 0 aromatic heterocycles. The minimum absolute atomic E-state index is 0.00987. The molecular formula is C21H18O4S. The second-order valence-electron chi connectivity index (χ2n) is 6.02. The Kier molecular flexibility index (Phi) is 5.30. The highest BCUT2D eigenvalue weighted by molar-refractivity contribution is 7.85. The Morgan fingerprint density at radius 1 is 0.808 bits per heavy atom. The van der Waals surface area contributed by atoms with Gasteiger partial charge in [0, 0.05) is 5.56 Å². The topological polar surface area (TPSA) is 71.4 Å². The Labute approximate surface area is 152 Å². The molecule has 0 aliphatic carbocycles. The maximum atomic E-state index is 13.0. The van der Waals surface area contributed by atoms with Crippen molar-refractivity contribution >= 4 is 15.9 Å². The van der Waals surface area contributed by atoms with Crippen molar-refractivity contribution in [3.05, 3.63) is 102 Å². The van der Waals surface area contributed by atoms with Crippen LogP contribution in [-0.2, 0) is 16.5 Å². The zero-order valence-corrected chi connectivity index (χ0v) is 14.8. The highest BCUT2D eigenvalue weighted by Crippen LogP contribution is 2.26. The van der Waals surface area contributed by atoms with Gasteiger partial charge in [0.2, 0.25) is 0 Å². The summed E-state index contributed by atoms with van der Waals surface area (Å²) < 4.78 is 31.5. The van der Waals surface area contributed by atoms with Crippen LogP contribution in [0.3, 0.4) is 0 Å². The number of hydrogen-bond donors (Lipinski definition) is 1. The molecule has 3 rings (SSSR count). The smallest absolute Gasteiger partial charge is 0.293 e. The molecule has 0 aliphatic heterocycles. The number of benzene rings is 3. The van der Waals surface area contributed by atoms with Crippen molar-refractivity contribution in [2.45, 2.75) is 17.2 Å². The van der Waals surface area contributed by atoms with E-state index in [1.54, 1.807) is 24.3 Å². The summed E-state index contributed by atoms with van der Waals surface area (Å²) in [5.41, 5.74) is 2.35. The quantitative estimate of drug-likeness (QED) is 0.526. The van der Waals surface area contributed by atoms with Gasteiger partial charge in [-0.25, -0.2) is 0 Å². The summed E-state index contributed by atoms with van der Waals surface area (Å²) >= 11 is 0. The number of ketones is 1. The molecule has 0 heterocycles. The summed E-state index contributed by atoms with van der Waals surface area (Å²) in [6, 6.07) is 24.6. The summed E-state index contributed by atoms with van der Waals surface area (Å²) in [5.74, 6) is -0.370. The van der Waals surface area contributed by atoms with E-state index in [4.69, 9.17) is 4.55 Å². The fourth-order valence-electron chi connectivity index (χ4n) is 2.88. The van der Waals surface area contributed by atoms with Crippen molar-refractivity contribution in [3.63, 3.8) is 0 Å². The van der Waals surface area contributed by atoms with Gasteiger partial charge in [-0.15, -0.1) is 0 Å². The second-order valence-corrected chi connectivity index (χ2v) is 7.44. The number of carbonyl (C=O) groups is 1. The van der Waals surface area contributed by atoms with Crippen LogP contribution in [0.4, 0.5) is 0 Å². The fourth-order valence-corrected chi connectivity index (χ4v) is 3.36. The van der Waals surface area contributed by atoms with E-state index in [1.807, 2.05) is 48.5 Å². The molecule has 0 bridgehead atoms. The van der Waals surface area contributed by atoms with Crippen LogP contribution in [0, 0.1) is 0 Å². The summed E-state index contributed by atoms with van der Waals surface area (Å²) in [6.07, 6.45) is 0.434. The van der Waals surface area contributed by atoms with E-state index in [9.17, 15) is 13.2 Å². The molecule has 0 radical (unpaired) electrons. The van der Waals surface area contributed by atoms with E-state index in [0.29, 0.717) is 12.0 Å². The van der Waals surface area contributed by atoms with Crippen molar-refractivity contribution < 1.29 is 17.8 Å². The van der Waals surface area contributed by atoms with Gasteiger partial charge in [-0.05, 0) is 29.7 Å². The zero-order chi connectivity index (χ0) is 18.6. The Morgan fingerprint density at radius 2 is 1.35 bits per heavy atom. The third-order valence-corrected chi connectivity index (χ3v) is 5.11. The third-order valence-electron chi connectivity index (χ3n) is 4.24. The van der Waals surface area contributed by atoms with E-state index in [1.165, 1.54) is 12.1 Å². The molecule has 0 amide bonds. The lowest BCUT2D eigenvalue weighted by Gasteiger charge is -2.17. The number of hydrogen-bond acceptors (Lipinski definition) is 3. The van der Waals surface area contributed by atoms with Gasteiger partial charge in [0.25, 0.3) is 10.1 Å². The molecule has 3 aromatic rings. The average Bonchev–Trinajstić information content (AvgIpc) is 2.66. The molecule has 0 saturated heterocycles. The average molecular weight is 366 g/mol. The Balaban J connectivity index is 1.93. The normalized spacial score (nSPS) is 12.5. The molecule has 3 aromatic carbocycles. The Morgan fingerprint density at radius 3 is 1.88 bits per heavy atom. The van der Waals surface area contributed by atoms with E-state index >= 15 is 0 Å². The Hall–Kier alpha value is -2.76. The van der Waals surface area contributed by atoms with Gasteiger partial charge in [-0.1, -0.05) is 72.8 Å². The van der Waals surface area contributed by atoms with Crippen LogP contribution in [0.5, 0.6) is 0 Å². The summed E-state index contributed by atoms with van der Waals surface area (Å²) in [4.78, 5) is 12.9. The highest BCUT2D eigenvalue weighted by Gasteiger charge is 2.22. The minimum Gasteiger partial charge on any atom is -0.293 e. The molecule has 0 spiro atoms. The first-order valence-corrected chi connectivity index (χ1v) is 9.60. The maximum absolute atomic E-state index is 13.0. The Bertz CT molecular complexity index is 979. The summed E-state index contributed by atoms with van der Waals surface area (Å²) in [6.45, 7) is 0. The van der Waals surface area contributed by atoms with Crippen LogP contribution in [0.2, 0.25) is 0 Å². The first-order valence-electron chi connectivity index (χ1n) is 8.16. The van der Waals surface area contributed by atoms with E-state index in [-0.39, 0.29) is 16.6 Å². The van der Waals surface area contributed by atoms with E-state index in [2.05, 4.69) is 0 Å². The first-order chi connectivity index (χ1) is 12.4. The van der Waals surface area contributed by atoms with Gasteiger partial charge in [-0.3, -0.25) is 9.35 Å². The summed E-state index contributed by atoms with van der Waals surface area (Å²) in [5, 5.41) is 0. The number of Topliss-reactive ketones (excluding diaryl/α,β-unsaturated/α-hetero) is 1. The number of carbonyl (C=O) groups excluding carboxylic acids is 1. The van der Waals surface area contributed by atoms with Gasteiger partial charge in [-0.2, -0.15) is 8.42 Å². The summed E-state index contributed by atoms with van der Waals surface area (Å²) in [7, 11) is -4.23. The van der Waals surface area contributed by atoms with Crippen molar-refractivity contribution in [1.29, 1.82) is 0 Å². The molecule has 26 heavy (non-hydrogen) atoms. The molecule has 1 N–H and O–H groups in total. The molecule has 1 unspecified atom stereocenters. The predicted octanol–water partition coefficient (Wildman–Crippen LogP) is 4.14. The second kappa shape index (κ2) is 7.64. The molecule has 5 heteroatoms. The van der Waals surface area contributed by atoms with Crippen LogP contribution in [-0.4, -0.2) is 18.8 Å². The lowest BCUT2D eigenvalue weighted by Crippen LogP contribution is -2.15. The van der Waals surface area contributed by atoms with Crippen molar-refractivity contribution in [2.24, 2.45) is 0 Å². The molecule has 0 aliphatic rings. The maximum Gasteiger partial charge on any atom is 0.294 e. The van der Waals surface area contributed by atoms with Gasteiger partial charge < -0.3 is 0 Å². The molecule has 4 nitrogen and oxygen atoms in total. The van der Waals surface area contributed by atoms with Gasteiger partial charge in [0.05, 0.1) is 10.8 Å². The predicted molar refractivity (Wildman–Crippen MR) is 99.9 cm³/mol. The van der Waals surface area contributed by atoms with Crippen molar-refractivity contribution in [1.82, 2.24) is 0 Å². The van der Waals surface area contributed by atoms with Crippen molar-refractivity contribution in [3.8, 4) is 0 Å². The zero-order valence-electron chi connectivity index (χ0n) is 13.9. The van der Waals surface area contributed by atoms with Crippen LogP contribution in [0.15, 0.2) is 89.8 Å². The largest absolute Gasteiger partial charge is 0.294 e. The first kappa shape index (κ1) is 18.0. The fraction of sp³-hybridized carbons (Fsp3) is 0.0952. The van der Waals surface area contributed by atoms with Gasteiger partial charge >= 0.3 is 0 Å². The van der Waals surface area contributed by atoms with E-state index < -0.39 is 10.1 Å². The lowest BCUT2D eigenvalue weighted by molar-refractivity contribution is 0.0959. The lowest BCUT2D eigenvalue weighted by atomic mass is 9.85. The van der Waals surface area contributed by atoms with Crippen LogP contribution >= 0.6 is 0 Å². The SMILES string of the molecule is O=C(c1ccccc1)C(Cc1ccc(S(=O)(=O)O)cc1)c1ccccc1. The molecule has 0 fully saturated rings. The third kappa shape index (κ3) is 4.25. The minimum atomic E-state index is -4.23. The van der Waals surface area contributed by atoms with Crippen LogP contribution < -0.4 is 0 Å². The standard InChI is InChI=1S/C21H18O4S/c22-21(18-9-5-2-6-10-18)20(17-7-3-1-4-8-17)15-16-11-13-19(14-12-16)26(23,24)25/h1-14,20H,15H2,(H,23,24,25). The van der Waals surface area contributed by atoms with Crippen molar-refractivity contribution in [2.75, 3.05) is 0 Å². The van der Waals surface area contributed by atoms with Gasteiger partial charge in [0.1, 0.15) is 0 Å². The monoisotopic (exact) mass is 366 g/mol. The molecular weight excluding hydrogens is 348 g/mol. The van der Waals surface area contributed by atoms with E-state index in [0.717, 1.165) is 11.1 Å². The highest BCUT2D eigenvalue weighted by atomic mass is 32.2. The number of rotatable bonds is 6. The van der Waals surface area contributed by atoms with Crippen LogP contribution in [0.1, 0.15) is 27.4 Å². The molecule has 132 valence electrons. The molecule has 1 atom stereocenters.